The summed E-state index contributed by atoms with van der Waals surface area (Å²) < 4.78 is 10.7. The first-order valence-corrected chi connectivity index (χ1v) is 13.3. The van der Waals surface area contributed by atoms with E-state index in [-0.39, 0.29) is 27.9 Å². The molecule has 33 heavy (non-hydrogen) atoms. The summed E-state index contributed by atoms with van der Waals surface area (Å²) in [6.07, 6.45) is 12.0. The third kappa shape index (κ3) is 2.74. The van der Waals surface area contributed by atoms with E-state index in [1.54, 1.807) is 5.57 Å². The number of hydrogen-bond donors (Lipinski definition) is 0. The van der Waals surface area contributed by atoms with Crippen LogP contribution in [0.3, 0.4) is 0 Å². The molecule has 0 radical (unpaired) electrons. The number of ether oxygens (including phenoxy) is 2. The standard InChI is InChI=1S/C29H44O4/c1-18(16-21(30)24(31)33-7)26(4)12-10-19-20-8-9-22-25(2,3)23(32-6)11-13-29(22)17-28(20,29)15-14-27(19,26)5/h18,22-23H,8-17H2,1-7H3/t18-,22+,23-,26+,27+,28+,29-/m1/s1. The lowest BCUT2D eigenvalue weighted by Gasteiger charge is -2.57. The van der Waals surface area contributed by atoms with Crippen LogP contribution < -0.4 is 0 Å². The van der Waals surface area contributed by atoms with E-state index in [0.717, 1.165) is 12.3 Å². The highest BCUT2D eigenvalue weighted by molar-refractivity contribution is 6.33. The molecule has 0 heterocycles. The number of esters is 1. The Morgan fingerprint density at radius 3 is 2.36 bits per heavy atom. The third-order valence-electron chi connectivity index (χ3n) is 12.5. The smallest absolute Gasteiger partial charge is 0.374 e. The number of allylic oxidation sites excluding steroid dienone is 2. The van der Waals surface area contributed by atoms with Gasteiger partial charge in [0.15, 0.2) is 0 Å². The van der Waals surface area contributed by atoms with Crippen molar-refractivity contribution < 1.29 is 19.1 Å². The van der Waals surface area contributed by atoms with Crippen LogP contribution in [0.2, 0.25) is 0 Å². The zero-order chi connectivity index (χ0) is 24.0. The highest BCUT2D eigenvalue weighted by Crippen LogP contribution is 2.86. The molecule has 0 amide bonds. The van der Waals surface area contributed by atoms with Crippen molar-refractivity contribution >= 4 is 11.8 Å². The van der Waals surface area contributed by atoms with Crippen LogP contribution >= 0.6 is 0 Å². The van der Waals surface area contributed by atoms with Gasteiger partial charge in [0.05, 0.1) is 13.2 Å². The second-order valence-corrected chi connectivity index (χ2v) is 13.3. The highest BCUT2D eigenvalue weighted by Gasteiger charge is 2.78. The Bertz CT molecular complexity index is 917. The third-order valence-corrected chi connectivity index (χ3v) is 12.5. The molecule has 4 fully saturated rings. The molecular weight excluding hydrogens is 412 g/mol. The summed E-state index contributed by atoms with van der Waals surface area (Å²) in [5.74, 6) is -0.132. The van der Waals surface area contributed by atoms with E-state index < -0.39 is 5.97 Å². The van der Waals surface area contributed by atoms with Crippen molar-refractivity contribution in [3.8, 4) is 0 Å². The minimum atomic E-state index is -0.692. The van der Waals surface area contributed by atoms with Gasteiger partial charge < -0.3 is 9.47 Å². The lowest BCUT2D eigenvalue weighted by atomic mass is 9.48. The molecule has 4 nitrogen and oxygen atoms in total. The predicted molar refractivity (Wildman–Crippen MR) is 129 cm³/mol. The van der Waals surface area contributed by atoms with Crippen LogP contribution in [0.4, 0.5) is 0 Å². The SMILES string of the molecule is COC(=O)C(=O)C[C@@H](C)[C@]1(C)CCC2=C3CC[C@H]4C(C)(C)[C@H](OC)CC[C@@]45C[C@@]35CC[C@@]21C. The topological polar surface area (TPSA) is 52.6 Å². The van der Waals surface area contributed by atoms with E-state index in [2.05, 4.69) is 34.6 Å². The zero-order valence-corrected chi connectivity index (χ0v) is 21.9. The van der Waals surface area contributed by atoms with E-state index in [0.29, 0.717) is 23.4 Å². The molecule has 0 unspecified atom stereocenters. The maximum atomic E-state index is 12.4. The Morgan fingerprint density at radius 2 is 1.70 bits per heavy atom. The van der Waals surface area contributed by atoms with Crippen molar-refractivity contribution in [2.24, 2.45) is 38.9 Å². The zero-order valence-electron chi connectivity index (χ0n) is 21.9. The maximum absolute atomic E-state index is 12.4. The van der Waals surface area contributed by atoms with Gasteiger partial charge in [-0.3, -0.25) is 4.79 Å². The van der Waals surface area contributed by atoms with Crippen LogP contribution in [0.25, 0.3) is 0 Å². The van der Waals surface area contributed by atoms with Crippen LogP contribution in [0, 0.1) is 38.9 Å². The Kier molecular flexibility index (Phi) is 5.13. The molecule has 5 aliphatic carbocycles. The first kappa shape index (κ1) is 23.6. The number of carbonyl (C=O) groups is 2. The van der Waals surface area contributed by atoms with Gasteiger partial charge in [-0.05, 0) is 96.7 Å². The molecule has 0 saturated heterocycles. The molecule has 5 rings (SSSR count). The van der Waals surface area contributed by atoms with Crippen molar-refractivity contribution in [1.82, 2.24) is 0 Å². The predicted octanol–water partition coefficient (Wildman–Crippen LogP) is 6.27. The van der Waals surface area contributed by atoms with Gasteiger partial charge >= 0.3 is 5.97 Å². The van der Waals surface area contributed by atoms with Gasteiger partial charge in [0.25, 0.3) is 0 Å². The number of fused-ring (bicyclic) bond motifs is 1. The summed E-state index contributed by atoms with van der Waals surface area (Å²) >= 11 is 0. The average Bonchev–Trinajstić information content (AvgIpc) is 3.36. The van der Waals surface area contributed by atoms with E-state index >= 15 is 0 Å². The van der Waals surface area contributed by atoms with E-state index in [4.69, 9.17) is 9.47 Å². The van der Waals surface area contributed by atoms with Crippen LogP contribution in [0.5, 0.6) is 0 Å². The molecule has 0 aromatic rings. The van der Waals surface area contributed by atoms with Crippen molar-refractivity contribution in [1.29, 1.82) is 0 Å². The van der Waals surface area contributed by atoms with Gasteiger partial charge in [0.2, 0.25) is 5.78 Å². The van der Waals surface area contributed by atoms with Gasteiger partial charge in [0.1, 0.15) is 0 Å². The first-order valence-electron chi connectivity index (χ1n) is 13.3. The largest absolute Gasteiger partial charge is 0.463 e. The van der Waals surface area contributed by atoms with Crippen molar-refractivity contribution in [3.63, 3.8) is 0 Å². The van der Waals surface area contributed by atoms with Gasteiger partial charge in [-0.25, -0.2) is 4.79 Å². The molecule has 0 N–H and O–H groups in total. The lowest BCUT2D eigenvalue weighted by Crippen LogP contribution is -2.51. The molecular formula is C29H44O4. The fourth-order valence-corrected chi connectivity index (χ4v) is 10.2. The first-order chi connectivity index (χ1) is 15.4. The molecule has 0 aliphatic heterocycles. The second kappa shape index (κ2) is 7.18. The number of Topliss-reactive ketones (excluding diaryl/α,β-unsaturated/α-hetero) is 1. The van der Waals surface area contributed by atoms with Crippen LogP contribution in [-0.2, 0) is 19.1 Å². The molecule has 0 aromatic carbocycles. The number of hydrogen-bond acceptors (Lipinski definition) is 4. The molecule has 4 saturated carbocycles. The fraction of sp³-hybridized carbons (Fsp3) is 0.862. The van der Waals surface area contributed by atoms with Crippen LogP contribution in [-0.4, -0.2) is 32.1 Å². The molecule has 0 aromatic heterocycles. The number of ketones is 1. The Labute approximate surface area is 200 Å². The van der Waals surface area contributed by atoms with Crippen molar-refractivity contribution in [3.05, 3.63) is 11.1 Å². The molecule has 5 aliphatic rings. The molecule has 2 spiro atoms. The number of rotatable bonds is 5. The van der Waals surface area contributed by atoms with Crippen molar-refractivity contribution in [2.45, 2.75) is 105 Å². The van der Waals surface area contributed by atoms with Gasteiger partial charge in [-0.2, -0.15) is 0 Å². The quantitative estimate of drug-likeness (QED) is 0.278. The van der Waals surface area contributed by atoms with Crippen LogP contribution in [0.15, 0.2) is 11.1 Å². The summed E-state index contributed by atoms with van der Waals surface area (Å²) in [6, 6.07) is 0. The minimum Gasteiger partial charge on any atom is -0.463 e. The van der Waals surface area contributed by atoms with E-state index in [1.807, 2.05) is 12.7 Å². The van der Waals surface area contributed by atoms with Crippen LogP contribution in [0.1, 0.15) is 98.8 Å². The lowest BCUT2D eigenvalue weighted by molar-refractivity contribution is -0.152. The molecule has 0 bridgehead atoms. The second-order valence-electron chi connectivity index (χ2n) is 13.3. The normalized spacial score (nSPS) is 45.9. The maximum Gasteiger partial charge on any atom is 0.374 e. The summed E-state index contributed by atoms with van der Waals surface area (Å²) in [6.45, 7) is 12.0. The Hall–Kier alpha value is -1.16. The van der Waals surface area contributed by atoms with Gasteiger partial charge in [-0.15, -0.1) is 0 Å². The average molecular weight is 457 g/mol. The van der Waals surface area contributed by atoms with Gasteiger partial charge in [-0.1, -0.05) is 45.8 Å². The molecule has 184 valence electrons. The highest BCUT2D eigenvalue weighted by atomic mass is 16.5. The molecule has 4 heteroatoms. The summed E-state index contributed by atoms with van der Waals surface area (Å²) in [5, 5.41) is 0. The minimum absolute atomic E-state index is 0.0481. The monoisotopic (exact) mass is 456 g/mol. The number of carbonyl (C=O) groups excluding carboxylic acids is 2. The Balaban J connectivity index is 1.47. The van der Waals surface area contributed by atoms with Crippen molar-refractivity contribution in [2.75, 3.05) is 14.2 Å². The molecule has 7 atom stereocenters. The van der Waals surface area contributed by atoms with E-state index in [9.17, 15) is 9.59 Å². The Morgan fingerprint density at radius 1 is 0.970 bits per heavy atom. The summed E-state index contributed by atoms with van der Waals surface area (Å²) in [5.41, 5.74) is 4.95. The number of methoxy groups -OCH3 is 2. The summed E-state index contributed by atoms with van der Waals surface area (Å²) in [7, 11) is 3.20. The fourth-order valence-electron chi connectivity index (χ4n) is 10.2. The van der Waals surface area contributed by atoms with Gasteiger partial charge in [0, 0.05) is 13.5 Å². The summed E-state index contributed by atoms with van der Waals surface area (Å²) in [4.78, 5) is 24.2. The van der Waals surface area contributed by atoms with E-state index in [1.165, 1.54) is 58.5 Å².